The van der Waals surface area contributed by atoms with Gasteiger partial charge in [0.05, 0.1) is 16.8 Å². The second kappa shape index (κ2) is 5.89. The van der Waals surface area contributed by atoms with Crippen molar-refractivity contribution < 1.29 is 13.2 Å². The lowest BCUT2D eigenvalue weighted by atomic mass is 9.49. The minimum Gasteiger partial charge on any atom is -0.272 e. The highest BCUT2D eigenvalue weighted by atomic mass is 32.2. The highest BCUT2D eigenvalue weighted by Gasteiger charge is 2.55. The van der Waals surface area contributed by atoms with Crippen molar-refractivity contribution in [2.45, 2.75) is 70.1 Å². The minimum atomic E-state index is -3.57. The van der Waals surface area contributed by atoms with Crippen LogP contribution < -0.4 is 0 Å². The van der Waals surface area contributed by atoms with Crippen molar-refractivity contribution in [2.24, 2.45) is 23.2 Å². The number of hydrogen-bond donors (Lipinski definition) is 0. The number of hydrogen-bond acceptors (Lipinski definition) is 4. The largest absolute Gasteiger partial charge is 0.272 e. The van der Waals surface area contributed by atoms with E-state index < -0.39 is 10.0 Å². The van der Waals surface area contributed by atoms with Crippen LogP contribution in [0.15, 0.2) is 4.90 Å². The Morgan fingerprint density at radius 3 is 2.04 bits per heavy atom. The second-order valence-electron chi connectivity index (χ2n) is 9.53. The van der Waals surface area contributed by atoms with Crippen molar-refractivity contribution >= 4 is 15.9 Å². The fraction of sp³-hybridized carbons (Fsp3) is 0.800. The fourth-order valence-electron chi connectivity index (χ4n) is 6.85. The Kier molecular flexibility index (Phi) is 3.90. The van der Waals surface area contributed by atoms with Gasteiger partial charge in [0, 0.05) is 13.1 Å². The van der Waals surface area contributed by atoms with E-state index in [1.165, 1.54) is 23.9 Å². The molecule has 0 spiro atoms. The Balaban J connectivity index is 1.52. The molecule has 0 unspecified atom stereocenters. The predicted molar refractivity (Wildman–Crippen MR) is 101 cm³/mol. The van der Waals surface area contributed by atoms with Crippen LogP contribution in [0.3, 0.4) is 0 Å². The van der Waals surface area contributed by atoms with Gasteiger partial charge in [0.25, 0.3) is 5.91 Å². The lowest BCUT2D eigenvalue weighted by Crippen LogP contribution is -2.51. The van der Waals surface area contributed by atoms with Gasteiger partial charge in [-0.15, -0.1) is 0 Å². The minimum absolute atomic E-state index is 0.0464. The van der Waals surface area contributed by atoms with Crippen LogP contribution in [-0.4, -0.2) is 41.5 Å². The lowest BCUT2D eigenvalue weighted by molar-refractivity contribution is -0.0410. The number of carbonyl (C=O) groups is 1. The zero-order valence-corrected chi connectivity index (χ0v) is 17.1. The molecule has 27 heavy (non-hydrogen) atoms. The molecular weight excluding hydrogens is 362 g/mol. The maximum absolute atomic E-state index is 13.6. The highest BCUT2D eigenvalue weighted by molar-refractivity contribution is 7.89. The molecule has 1 aliphatic heterocycles. The second-order valence-corrected chi connectivity index (χ2v) is 11.4. The molecule has 0 aromatic carbocycles. The Bertz CT molecular complexity index is 861. The Morgan fingerprint density at radius 2 is 1.52 bits per heavy atom. The first kappa shape index (κ1) is 17.9. The maximum atomic E-state index is 13.6. The maximum Gasteiger partial charge on any atom is 0.253 e. The van der Waals surface area contributed by atoms with E-state index in [-0.39, 0.29) is 16.2 Å². The van der Waals surface area contributed by atoms with Crippen molar-refractivity contribution in [2.75, 3.05) is 13.1 Å². The summed E-state index contributed by atoms with van der Waals surface area (Å²) in [6.45, 7) is 4.60. The predicted octanol–water partition coefficient (Wildman–Crippen LogP) is 3.14. The summed E-state index contributed by atoms with van der Waals surface area (Å²) in [6.07, 6.45) is 8.52. The zero-order chi connectivity index (χ0) is 19.0. The number of carbonyl (C=O) groups excluding carboxylic acids is 1. The van der Waals surface area contributed by atoms with Gasteiger partial charge in [-0.05, 0) is 83.0 Å². The summed E-state index contributed by atoms with van der Waals surface area (Å²) in [5.41, 5.74) is 0.643. The highest BCUT2D eigenvalue weighted by Crippen LogP contribution is 2.60. The molecular formula is C20H29N3O3S. The Labute approximate surface area is 161 Å². The van der Waals surface area contributed by atoms with E-state index in [1.807, 2.05) is 0 Å². The SMILES string of the molecule is Cc1nn(C(=O)C23CC4CC(CC(C4)C2)C3)c(C)c1S(=O)(=O)N1CCCC1. The summed E-state index contributed by atoms with van der Waals surface area (Å²) >= 11 is 0. The summed E-state index contributed by atoms with van der Waals surface area (Å²) < 4.78 is 29.2. The molecule has 1 saturated heterocycles. The van der Waals surface area contributed by atoms with Gasteiger partial charge in [-0.1, -0.05) is 0 Å². The van der Waals surface area contributed by atoms with Gasteiger partial charge in [-0.3, -0.25) is 4.79 Å². The molecule has 0 radical (unpaired) electrons. The summed E-state index contributed by atoms with van der Waals surface area (Å²) in [5, 5.41) is 4.47. The van der Waals surface area contributed by atoms with Crippen LogP contribution in [-0.2, 0) is 10.0 Å². The van der Waals surface area contributed by atoms with Crippen molar-refractivity contribution in [3.8, 4) is 0 Å². The molecule has 0 amide bonds. The fourth-order valence-corrected chi connectivity index (χ4v) is 8.73. The molecule has 1 aromatic rings. The first-order chi connectivity index (χ1) is 12.8. The van der Waals surface area contributed by atoms with Crippen molar-refractivity contribution in [1.82, 2.24) is 14.1 Å². The molecule has 0 atom stereocenters. The van der Waals surface area contributed by atoms with Gasteiger partial charge in [0.1, 0.15) is 4.90 Å². The molecule has 148 valence electrons. The van der Waals surface area contributed by atoms with Crippen LogP contribution in [0, 0.1) is 37.0 Å². The Hall–Kier alpha value is -1.21. The van der Waals surface area contributed by atoms with Crippen molar-refractivity contribution in [3.63, 3.8) is 0 Å². The quantitative estimate of drug-likeness (QED) is 0.793. The van der Waals surface area contributed by atoms with E-state index >= 15 is 0 Å². The molecule has 0 N–H and O–H groups in total. The topological polar surface area (TPSA) is 72.3 Å². The molecule has 5 aliphatic rings. The lowest BCUT2D eigenvalue weighted by Gasteiger charge is -2.55. The summed E-state index contributed by atoms with van der Waals surface area (Å²) in [7, 11) is -3.57. The van der Waals surface area contributed by atoms with Gasteiger partial charge in [-0.2, -0.15) is 9.40 Å². The van der Waals surface area contributed by atoms with E-state index in [9.17, 15) is 13.2 Å². The Morgan fingerprint density at radius 1 is 1.00 bits per heavy atom. The number of rotatable bonds is 3. The number of sulfonamides is 1. The monoisotopic (exact) mass is 391 g/mol. The first-order valence-electron chi connectivity index (χ1n) is 10.4. The van der Waals surface area contributed by atoms with Crippen LogP contribution in [0.5, 0.6) is 0 Å². The summed E-state index contributed by atoms with van der Waals surface area (Å²) in [4.78, 5) is 13.9. The average Bonchev–Trinajstić information content (AvgIpc) is 3.22. The van der Waals surface area contributed by atoms with E-state index in [0.29, 0.717) is 42.2 Å². The number of aryl methyl sites for hydroxylation is 1. The first-order valence-corrected chi connectivity index (χ1v) is 11.9. The van der Waals surface area contributed by atoms with Crippen LogP contribution >= 0.6 is 0 Å². The van der Waals surface area contributed by atoms with Gasteiger partial charge >= 0.3 is 0 Å². The molecule has 2 heterocycles. The smallest absolute Gasteiger partial charge is 0.253 e. The average molecular weight is 392 g/mol. The zero-order valence-electron chi connectivity index (χ0n) is 16.3. The van der Waals surface area contributed by atoms with Crippen LogP contribution in [0.4, 0.5) is 0 Å². The molecule has 4 bridgehead atoms. The van der Waals surface area contributed by atoms with E-state index in [0.717, 1.165) is 32.1 Å². The van der Waals surface area contributed by atoms with Crippen molar-refractivity contribution in [1.29, 1.82) is 0 Å². The molecule has 6 rings (SSSR count). The normalized spacial score (nSPS) is 35.9. The third kappa shape index (κ3) is 2.57. The summed E-state index contributed by atoms with van der Waals surface area (Å²) in [6, 6.07) is 0. The molecule has 1 aromatic heterocycles. The van der Waals surface area contributed by atoms with E-state index in [1.54, 1.807) is 18.2 Å². The van der Waals surface area contributed by atoms with Crippen molar-refractivity contribution in [3.05, 3.63) is 11.4 Å². The van der Waals surface area contributed by atoms with Gasteiger partial charge < -0.3 is 0 Å². The van der Waals surface area contributed by atoms with E-state index in [4.69, 9.17) is 0 Å². The number of nitrogens with zero attached hydrogens (tertiary/aromatic N) is 3. The third-order valence-corrected chi connectivity index (χ3v) is 9.72. The third-order valence-electron chi connectivity index (χ3n) is 7.57. The molecule has 6 nitrogen and oxygen atoms in total. The van der Waals surface area contributed by atoms with Crippen LogP contribution in [0.1, 0.15) is 67.5 Å². The van der Waals surface area contributed by atoms with Gasteiger partial charge in [0.15, 0.2) is 0 Å². The molecule has 4 saturated carbocycles. The van der Waals surface area contributed by atoms with Crippen LogP contribution in [0.25, 0.3) is 0 Å². The van der Waals surface area contributed by atoms with Crippen LogP contribution in [0.2, 0.25) is 0 Å². The molecule has 5 fully saturated rings. The van der Waals surface area contributed by atoms with Gasteiger partial charge in [-0.25, -0.2) is 13.1 Å². The standard InChI is InChI=1S/C20H29N3O3S/c1-13-18(27(25,26)22-5-3-4-6-22)14(2)23(21-13)19(24)20-10-15-7-16(11-20)9-17(8-15)12-20/h15-17H,3-12H2,1-2H3. The molecule has 7 heteroatoms. The molecule has 4 aliphatic carbocycles. The van der Waals surface area contributed by atoms with Gasteiger partial charge in [0.2, 0.25) is 10.0 Å². The summed E-state index contributed by atoms with van der Waals surface area (Å²) in [5.74, 6) is 2.06. The number of aromatic nitrogens is 2. The van der Waals surface area contributed by atoms with E-state index in [2.05, 4.69) is 5.10 Å².